The van der Waals surface area contributed by atoms with Crippen LogP contribution in [0.4, 0.5) is 4.39 Å². The number of amides is 1. The predicted octanol–water partition coefficient (Wildman–Crippen LogP) is 2.58. The molecular weight excluding hydrogens is 329 g/mol. The molecule has 0 radical (unpaired) electrons. The minimum absolute atomic E-state index is 0.00687. The Labute approximate surface area is 125 Å². The van der Waals surface area contributed by atoms with Crippen LogP contribution in [0.25, 0.3) is 0 Å². The molecule has 0 fully saturated rings. The summed E-state index contributed by atoms with van der Waals surface area (Å²) in [6.45, 7) is 3.89. The van der Waals surface area contributed by atoms with E-state index in [0.29, 0.717) is 4.47 Å². The number of carbonyl (C=O) groups excluding carboxylic acids is 1. The molecule has 0 spiro atoms. The van der Waals surface area contributed by atoms with Crippen LogP contribution in [-0.4, -0.2) is 34.4 Å². The van der Waals surface area contributed by atoms with Crippen molar-refractivity contribution in [2.75, 3.05) is 6.54 Å². The number of rotatable bonds is 5. The number of benzene rings is 1. The first-order chi connectivity index (χ1) is 9.36. The van der Waals surface area contributed by atoms with Crippen LogP contribution in [-0.2, 0) is 0 Å². The number of carbonyl (C=O) groups is 1. The molecule has 1 amide bonds. The lowest BCUT2D eigenvalue weighted by atomic mass is 10.1. The molecule has 0 unspecified atom stereocenters. The zero-order valence-corrected chi connectivity index (χ0v) is 12.9. The molecule has 20 heavy (non-hydrogen) atoms. The van der Waals surface area contributed by atoms with Gasteiger partial charge in [0, 0.05) is 23.5 Å². The molecule has 110 valence electrons. The second kappa shape index (κ2) is 7.23. The molecule has 0 bridgehead atoms. The normalized spacial score (nSPS) is 11.8. The lowest BCUT2D eigenvalue weighted by molar-refractivity contribution is 0.0706. The molecule has 0 heterocycles. The van der Waals surface area contributed by atoms with E-state index in [1.165, 1.54) is 23.1 Å². The van der Waals surface area contributed by atoms with Gasteiger partial charge in [0.15, 0.2) is 0 Å². The summed E-state index contributed by atoms with van der Waals surface area (Å²) < 4.78 is 14.4. The SMILES string of the molecule is CC(C)N(CCC(N)=NO)C(=O)c1cc(Br)ccc1F. The van der Waals surface area contributed by atoms with E-state index in [2.05, 4.69) is 21.1 Å². The van der Waals surface area contributed by atoms with Crippen molar-refractivity contribution in [3.8, 4) is 0 Å². The minimum Gasteiger partial charge on any atom is -0.409 e. The monoisotopic (exact) mass is 345 g/mol. The summed E-state index contributed by atoms with van der Waals surface area (Å²) in [6, 6.07) is 4.07. The molecule has 5 nitrogen and oxygen atoms in total. The number of nitrogens with zero attached hydrogens (tertiary/aromatic N) is 2. The van der Waals surface area contributed by atoms with Gasteiger partial charge in [-0.15, -0.1) is 0 Å². The number of hydrogen-bond donors (Lipinski definition) is 2. The van der Waals surface area contributed by atoms with Gasteiger partial charge in [-0.1, -0.05) is 21.1 Å². The maximum Gasteiger partial charge on any atom is 0.257 e. The molecule has 0 aliphatic rings. The van der Waals surface area contributed by atoms with Crippen molar-refractivity contribution >= 4 is 27.7 Å². The quantitative estimate of drug-likeness (QED) is 0.372. The Kier molecular flexibility index (Phi) is 5.94. The second-order valence-electron chi connectivity index (χ2n) is 4.56. The summed E-state index contributed by atoms with van der Waals surface area (Å²) in [4.78, 5) is 13.9. The van der Waals surface area contributed by atoms with E-state index in [0.717, 1.165) is 0 Å². The topological polar surface area (TPSA) is 78.9 Å². The Morgan fingerprint density at radius 2 is 2.20 bits per heavy atom. The largest absolute Gasteiger partial charge is 0.409 e. The highest BCUT2D eigenvalue weighted by molar-refractivity contribution is 9.10. The van der Waals surface area contributed by atoms with Gasteiger partial charge in [-0.3, -0.25) is 4.79 Å². The summed E-state index contributed by atoms with van der Waals surface area (Å²) in [7, 11) is 0. The zero-order chi connectivity index (χ0) is 15.3. The molecule has 7 heteroatoms. The Balaban J connectivity index is 2.97. The van der Waals surface area contributed by atoms with Crippen LogP contribution in [0.5, 0.6) is 0 Å². The maximum absolute atomic E-state index is 13.8. The van der Waals surface area contributed by atoms with Crippen molar-refractivity contribution in [2.24, 2.45) is 10.9 Å². The van der Waals surface area contributed by atoms with E-state index in [-0.39, 0.29) is 30.4 Å². The fourth-order valence-corrected chi connectivity index (χ4v) is 2.06. The average Bonchev–Trinajstić information content (AvgIpc) is 2.40. The summed E-state index contributed by atoms with van der Waals surface area (Å²) in [6.07, 6.45) is 0.218. The minimum atomic E-state index is -0.576. The van der Waals surface area contributed by atoms with E-state index in [9.17, 15) is 9.18 Å². The lowest BCUT2D eigenvalue weighted by Gasteiger charge is -2.27. The Bertz CT molecular complexity index is 520. The third-order valence-electron chi connectivity index (χ3n) is 2.78. The summed E-state index contributed by atoms with van der Waals surface area (Å²) in [5.74, 6) is -0.977. The van der Waals surface area contributed by atoms with E-state index >= 15 is 0 Å². The third-order valence-corrected chi connectivity index (χ3v) is 3.27. The van der Waals surface area contributed by atoms with Crippen LogP contribution in [0.2, 0.25) is 0 Å². The number of oxime groups is 1. The first kappa shape index (κ1) is 16.4. The first-order valence-corrected chi connectivity index (χ1v) is 6.88. The van der Waals surface area contributed by atoms with Gasteiger partial charge in [0.05, 0.1) is 5.56 Å². The fourth-order valence-electron chi connectivity index (χ4n) is 1.70. The molecule has 0 atom stereocenters. The summed E-state index contributed by atoms with van der Waals surface area (Å²) in [5.41, 5.74) is 5.39. The molecule has 1 aromatic rings. The van der Waals surface area contributed by atoms with Gasteiger partial charge in [-0.2, -0.15) is 0 Å². The highest BCUT2D eigenvalue weighted by atomic mass is 79.9. The number of hydrogen-bond acceptors (Lipinski definition) is 3. The van der Waals surface area contributed by atoms with Crippen LogP contribution >= 0.6 is 15.9 Å². The molecule has 0 aromatic heterocycles. The van der Waals surface area contributed by atoms with Crippen molar-refractivity contribution in [3.05, 3.63) is 34.1 Å². The standard InChI is InChI=1S/C13H17BrFN3O2/c1-8(2)18(6-5-12(16)17-20)13(19)10-7-9(14)3-4-11(10)15/h3-4,7-8,20H,5-6H2,1-2H3,(H2,16,17). The molecule has 0 aliphatic carbocycles. The van der Waals surface area contributed by atoms with Crippen molar-refractivity contribution in [2.45, 2.75) is 26.3 Å². The number of nitrogens with two attached hydrogens (primary N) is 1. The van der Waals surface area contributed by atoms with E-state index in [4.69, 9.17) is 10.9 Å². The Morgan fingerprint density at radius 3 is 2.75 bits per heavy atom. The molecule has 0 aliphatic heterocycles. The number of amidine groups is 1. The van der Waals surface area contributed by atoms with E-state index < -0.39 is 11.7 Å². The van der Waals surface area contributed by atoms with Crippen LogP contribution in [0, 0.1) is 5.82 Å². The molecule has 0 saturated heterocycles. The Hall–Kier alpha value is -1.63. The van der Waals surface area contributed by atoms with Gasteiger partial charge in [-0.25, -0.2) is 4.39 Å². The van der Waals surface area contributed by atoms with Gasteiger partial charge < -0.3 is 15.8 Å². The average molecular weight is 346 g/mol. The molecule has 1 rings (SSSR count). The summed E-state index contributed by atoms with van der Waals surface area (Å²) in [5, 5.41) is 11.4. The van der Waals surface area contributed by atoms with Crippen LogP contribution < -0.4 is 5.73 Å². The summed E-state index contributed by atoms with van der Waals surface area (Å²) >= 11 is 3.21. The van der Waals surface area contributed by atoms with Crippen molar-refractivity contribution in [1.82, 2.24) is 4.90 Å². The van der Waals surface area contributed by atoms with E-state index in [1.54, 1.807) is 0 Å². The number of halogens is 2. The van der Waals surface area contributed by atoms with Gasteiger partial charge in [-0.05, 0) is 32.0 Å². The molecule has 3 N–H and O–H groups in total. The first-order valence-electron chi connectivity index (χ1n) is 6.09. The van der Waals surface area contributed by atoms with Crippen molar-refractivity contribution in [3.63, 3.8) is 0 Å². The van der Waals surface area contributed by atoms with Gasteiger partial charge >= 0.3 is 0 Å². The zero-order valence-electron chi connectivity index (χ0n) is 11.3. The van der Waals surface area contributed by atoms with Crippen LogP contribution in [0.3, 0.4) is 0 Å². The van der Waals surface area contributed by atoms with Gasteiger partial charge in [0.2, 0.25) is 0 Å². The molecule has 0 saturated carbocycles. The smallest absolute Gasteiger partial charge is 0.257 e. The molecular formula is C13H17BrFN3O2. The highest BCUT2D eigenvalue weighted by Crippen LogP contribution is 2.18. The highest BCUT2D eigenvalue weighted by Gasteiger charge is 2.22. The lowest BCUT2D eigenvalue weighted by Crippen LogP contribution is -2.39. The van der Waals surface area contributed by atoms with Crippen LogP contribution in [0.1, 0.15) is 30.6 Å². The van der Waals surface area contributed by atoms with Gasteiger partial charge in [0.25, 0.3) is 5.91 Å². The van der Waals surface area contributed by atoms with Crippen molar-refractivity contribution < 1.29 is 14.4 Å². The maximum atomic E-state index is 13.8. The molecule has 1 aromatic carbocycles. The van der Waals surface area contributed by atoms with Crippen LogP contribution in [0.15, 0.2) is 27.8 Å². The Morgan fingerprint density at radius 1 is 1.55 bits per heavy atom. The second-order valence-corrected chi connectivity index (χ2v) is 5.47. The van der Waals surface area contributed by atoms with Gasteiger partial charge in [0.1, 0.15) is 11.7 Å². The van der Waals surface area contributed by atoms with E-state index in [1.807, 2.05) is 13.8 Å². The van der Waals surface area contributed by atoms with Crippen molar-refractivity contribution in [1.29, 1.82) is 0 Å². The third kappa shape index (κ3) is 4.19. The fraction of sp³-hybridized carbons (Fsp3) is 0.385. The predicted molar refractivity (Wildman–Crippen MR) is 78.3 cm³/mol.